The van der Waals surface area contributed by atoms with Crippen molar-refractivity contribution in [2.24, 2.45) is 0 Å². The van der Waals surface area contributed by atoms with Crippen LogP contribution >= 0.6 is 0 Å². The third-order valence-electron chi connectivity index (χ3n) is 2.57. The second kappa shape index (κ2) is 7.28. The van der Waals surface area contributed by atoms with Crippen LogP contribution in [-0.4, -0.2) is 45.8 Å². The van der Waals surface area contributed by atoms with E-state index in [0.29, 0.717) is 0 Å². The van der Waals surface area contributed by atoms with Gasteiger partial charge in [0.1, 0.15) is 17.8 Å². The summed E-state index contributed by atoms with van der Waals surface area (Å²) in [5, 5.41) is 22.0. The van der Waals surface area contributed by atoms with Gasteiger partial charge in [-0.1, -0.05) is 0 Å². The van der Waals surface area contributed by atoms with Gasteiger partial charge < -0.3 is 20.3 Å². The first-order valence-corrected chi connectivity index (χ1v) is 6.57. The van der Waals surface area contributed by atoms with Gasteiger partial charge in [0.15, 0.2) is 6.29 Å². The molecule has 3 N–H and O–H groups in total. The van der Waals surface area contributed by atoms with Crippen molar-refractivity contribution in [3.63, 3.8) is 0 Å². The van der Waals surface area contributed by atoms with Gasteiger partial charge in [0, 0.05) is 18.3 Å². The SMILES string of the molecule is CC(C)(C)OC(=O)NCC(O)C(O)c1cnc(F)c(C=O)c1. The summed E-state index contributed by atoms with van der Waals surface area (Å²) in [5.41, 5.74) is -0.959. The zero-order valence-electron chi connectivity index (χ0n) is 12.5. The molecule has 0 aliphatic carbocycles. The van der Waals surface area contributed by atoms with Crippen molar-refractivity contribution in [3.05, 3.63) is 29.3 Å². The van der Waals surface area contributed by atoms with Crippen LogP contribution in [0, 0.1) is 5.95 Å². The highest BCUT2D eigenvalue weighted by molar-refractivity contribution is 5.74. The molecule has 122 valence electrons. The Bertz CT molecular complexity index is 545. The molecule has 0 aliphatic heterocycles. The molecule has 0 spiro atoms. The monoisotopic (exact) mass is 314 g/mol. The predicted octanol–water partition coefficient (Wildman–Crippen LogP) is 0.952. The highest BCUT2D eigenvalue weighted by Gasteiger charge is 2.22. The Hall–Kier alpha value is -2.06. The van der Waals surface area contributed by atoms with Gasteiger partial charge in [-0.15, -0.1) is 0 Å². The molecule has 1 heterocycles. The molecule has 7 nitrogen and oxygen atoms in total. The van der Waals surface area contributed by atoms with Gasteiger partial charge in [-0.3, -0.25) is 4.79 Å². The molecule has 2 atom stereocenters. The second-order valence-corrected chi connectivity index (χ2v) is 5.66. The molecule has 0 bridgehead atoms. The molecule has 8 heteroatoms. The number of aldehydes is 1. The summed E-state index contributed by atoms with van der Waals surface area (Å²) in [6.07, 6.45) is -2.31. The van der Waals surface area contributed by atoms with Crippen LogP contribution in [0.5, 0.6) is 0 Å². The number of alkyl carbamates (subject to hydrolysis) is 1. The standard InChI is InChI=1S/C14H19FN2O5/c1-14(2,3)22-13(21)17-6-10(19)11(20)8-4-9(7-18)12(15)16-5-8/h4-5,7,10-11,19-20H,6H2,1-3H3,(H,17,21). The van der Waals surface area contributed by atoms with E-state index < -0.39 is 29.8 Å². The number of pyridine rings is 1. The van der Waals surface area contributed by atoms with E-state index in [9.17, 15) is 24.2 Å². The van der Waals surface area contributed by atoms with Crippen LogP contribution in [0.1, 0.15) is 42.8 Å². The first kappa shape index (κ1) is 18.0. The number of rotatable bonds is 5. The van der Waals surface area contributed by atoms with Crippen molar-refractivity contribution in [1.82, 2.24) is 10.3 Å². The molecular weight excluding hydrogens is 295 g/mol. The fourth-order valence-electron chi connectivity index (χ4n) is 1.56. The molecule has 0 saturated carbocycles. The second-order valence-electron chi connectivity index (χ2n) is 5.66. The zero-order chi connectivity index (χ0) is 16.9. The Kier molecular flexibility index (Phi) is 5.95. The molecule has 1 amide bonds. The van der Waals surface area contributed by atoms with Crippen LogP contribution in [0.15, 0.2) is 12.3 Å². The molecule has 0 radical (unpaired) electrons. The van der Waals surface area contributed by atoms with Gasteiger partial charge in [-0.2, -0.15) is 4.39 Å². The van der Waals surface area contributed by atoms with Crippen LogP contribution in [0.25, 0.3) is 0 Å². The maximum absolute atomic E-state index is 13.1. The van der Waals surface area contributed by atoms with Gasteiger partial charge in [0.05, 0.1) is 5.56 Å². The van der Waals surface area contributed by atoms with Crippen molar-refractivity contribution in [1.29, 1.82) is 0 Å². The number of aromatic nitrogens is 1. The quantitative estimate of drug-likeness (QED) is 0.551. The lowest BCUT2D eigenvalue weighted by molar-refractivity contribution is 0.0127. The Balaban J connectivity index is 2.63. The van der Waals surface area contributed by atoms with Gasteiger partial charge in [0.2, 0.25) is 5.95 Å². The van der Waals surface area contributed by atoms with E-state index in [2.05, 4.69) is 10.3 Å². The molecule has 0 saturated heterocycles. The van der Waals surface area contributed by atoms with E-state index in [1.54, 1.807) is 20.8 Å². The minimum atomic E-state index is -1.44. The lowest BCUT2D eigenvalue weighted by Crippen LogP contribution is -2.38. The van der Waals surface area contributed by atoms with Crippen molar-refractivity contribution < 1.29 is 28.9 Å². The molecular formula is C14H19FN2O5. The topological polar surface area (TPSA) is 109 Å². The molecule has 0 aromatic carbocycles. The summed E-state index contributed by atoms with van der Waals surface area (Å²) in [4.78, 5) is 25.4. The summed E-state index contributed by atoms with van der Waals surface area (Å²) >= 11 is 0. The molecule has 1 rings (SSSR count). The first-order valence-electron chi connectivity index (χ1n) is 6.57. The smallest absolute Gasteiger partial charge is 0.407 e. The number of carbonyl (C=O) groups excluding carboxylic acids is 2. The van der Waals surface area contributed by atoms with E-state index in [-0.39, 0.29) is 24.0 Å². The number of aliphatic hydroxyl groups is 2. The predicted molar refractivity (Wildman–Crippen MR) is 74.8 cm³/mol. The van der Waals surface area contributed by atoms with Crippen molar-refractivity contribution >= 4 is 12.4 Å². The molecule has 2 unspecified atom stereocenters. The lowest BCUT2D eigenvalue weighted by Gasteiger charge is -2.22. The highest BCUT2D eigenvalue weighted by atomic mass is 19.1. The summed E-state index contributed by atoms with van der Waals surface area (Å²) in [6, 6.07) is 1.08. The summed E-state index contributed by atoms with van der Waals surface area (Å²) in [6.45, 7) is 4.76. The first-order chi connectivity index (χ1) is 10.1. The number of carbonyl (C=O) groups is 2. The van der Waals surface area contributed by atoms with Crippen LogP contribution in [-0.2, 0) is 4.74 Å². The maximum atomic E-state index is 13.1. The van der Waals surface area contributed by atoms with Crippen molar-refractivity contribution in [3.8, 4) is 0 Å². The summed E-state index contributed by atoms with van der Waals surface area (Å²) in [7, 11) is 0. The lowest BCUT2D eigenvalue weighted by atomic mass is 10.0. The fraction of sp³-hybridized carbons (Fsp3) is 0.500. The normalized spacial score (nSPS) is 14.1. The van der Waals surface area contributed by atoms with Crippen LogP contribution in [0.4, 0.5) is 9.18 Å². The van der Waals surface area contributed by atoms with Gasteiger partial charge >= 0.3 is 6.09 Å². The number of nitrogens with zero attached hydrogens (tertiary/aromatic N) is 1. The molecule has 22 heavy (non-hydrogen) atoms. The fourth-order valence-corrected chi connectivity index (χ4v) is 1.56. The zero-order valence-corrected chi connectivity index (χ0v) is 12.5. The number of halogens is 1. The van der Waals surface area contributed by atoms with E-state index in [0.717, 1.165) is 12.3 Å². The summed E-state index contributed by atoms with van der Waals surface area (Å²) < 4.78 is 18.1. The van der Waals surface area contributed by atoms with Gasteiger partial charge in [-0.25, -0.2) is 9.78 Å². The van der Waals surface area contributed by atoms with E-state index in [4.69, 9.17) is 4.74 Å². The number of hydrogen-bond donors (Lipinski definition) is 3. The van der Waals surface area contributed by atoms with Crippen LogP contribution in [0.2, 0.25) is 0 Å². The number of hydrogen-bond acceptors (Lipinski definition) is 6. The Morgan fingerprint density at radius 2 is 2.14 bits per heavy atom. The average Bonchev–Trinajstić information content (AvgIpc) is 2.42. The molecule has 0 fully saturated rings. The van der Waals surface area contributed by atoms with E-state index >= 15 is 0 Å². The number of ether oxygens (including phenoxy) is 1. The highest BCUT2D eigenvalue weighted by Crippen LogP contribution is 2.18. The molecule has 0 aliphatic rings. The van der Waals surface area contributed by atoms with Gasteiger partial charge in [0.25, 0.3) is 0 Å². The Labute approximate surface area is 127 Å². The molecule has 1 aromatic heterocycles. The third-order valence-corrected chi connectivity index (χ3v) is 2.57. The number of nitrogens with one attached hydrogen (secondary N) is 1. The average molecular weight is 314 g/mol. The van der Waals surface area contributed by atoms with Crippen LogP contribution in [0.3, 0.4) is 0 Å². The summed E-state index contributed by atoms with van der Waals surface area (Å²) in [5.74, 6) is -0.965. The minimum Gasteiger partial charge on any atom is -0.444 e. The van der Waals surface area contributed by atoms with E-state index in [1.165, 1.54) is 0 Å². The Morgan fingerprint density at radius 3 is 2.68 bits per heavy atom. The number of amides is 1. The largest absolute Gasteiger partial charge is 0.444 e. The molecule has 1 aromatic rings. The van der Waals surface area contributed by atoms with Gasteiger partial charge in [-0.05, 0) is 26.8 Å². The van der Waals surface area contributed by atoms with Crippen LogP contribution < -0.4 is 5.32 Å². The minimum absolute atomic E-state index is 0.0574. The maximum Gasteiger partial charge on any atom is 0.407 e. The number of aliphatic hydroxyl groups excluding tert-OH is 2. The van der Waals surface area contributed by atoms with Crippen molar-refractivity contribution in [2.75, 3.05) is 6.54 Å². The van der Waals surface area contributed by atoms with Crippen molar-refractivity contribution in [2.45, 2.75) is 38.6 Å². The van der Waals surface area contributed by atoms with E-state index in [1.807, 2.05) is 0 Å². The Morgan fingerprint density at radius 1 is 1.50 bits per heavy atom. The third kappa shape index (κ3) is 5.38.